The molecule has 0 aliphatic heterocycles. The zero-order valence-corrected chi connectivity index (χ0v) is 18.3. The first-order chi connectivity index (χ1) is 14.5. The number of hydrogen-bond acceptors (Lipinski definition) is 6. The van der Waals surface area contributed by atoms with E-state index in [4.69, 9.17) is 0 Å². The van der Waals surface area contributed by atoms with E-state index < -0.39 is 5.56 Å². The van der Waals surface area contributed by atoms with E-state index in [1.54, 1.807) is 43.3 Å². The molecule has 1 aromatic heterocycles. The number of aromatic amines is 1. The second-order valence-electron chi connectivity index (χ2n) is 6.10. The lowest BCUT2D eigenvalue weighted by Crippen LogP contribution is -2.18. The van der Waals surface area contributed by atoms with Gasteiger partial charge in [0.25, 0.3) is 5.56 Å². The topological polar surface area (TPSA) is 117 Å². The number of rotatable bonds is 7. The van der Waals surface area contributed by atoms with Gasteiger partial charge in [-0.2, -0.15) is 0 Å². The summed E-state index contributed by atoms with van der Waals surface area (Å²) in [6, 6.07) is 14.1. The highest BCUT2D eigenvalue weighted by Gasteiger charge is 2.14. The van der Waals surface area contributed by atoms with E-state index in [9.17, 15) is 14.4 Å². The van der Waals surface area contributed by atoms with Gasteiger partial charge in [-0.15, -0.1) is 10.2 Å². The van der Waals surface area contributed by atoms with Gasteiger partial charge in [-0.1, -0.05) is 52.8 Å². The van der Waals surface area contributed by atoms with E-state index in [2.05, 4.69) is 41.7 Å². The fourth-order valence-corrected chi connectivity index (χ4v) is 3.33. The van der Waals surface area contributed by atoms with Crippen molar-refractivity contribution in [1.82, 2.24) is 15.2 Å². The monoisotopic (exact) mass is 487 g/mol. The van der Waals surface area contributed by atoms with Gasteiger partial charge in [0, 0.05) is 22.1 Å². The van der Waals surface area contributed by atoms with Gasteiger partial charge in [-0.3, -0.25) is 19.4 Å². The molecule has 0 aliphatic carbocycles. The van der Waals surface area contributed by atoms with Crippen LogP contribution >= 0.6 is 27.7 Å². The molecule has 0 atom stereocenters. The second kappa shape index (κ2) is 10.2. The summed E-state index contributed by atoms with van der Waals surface area (Å²) in [5.41, 5.74) is 1.25. The zero-order chi connectivity index (χ0) is 21.5. The van der Waals surface area contributed by atoms with Crippen LogP contribution < -0.4 is 16.2 Å². The van der Waals surface area contributed by atoms with Crippen LogP contribution in [0.2, 0.25) is 0 Å². The van der Waals surface area contributed by atoms with E-state index in [1.807, 2.05) is 12.1 Å². The van der Waals surface area contributed by atoms with Crippen LogP contribution in [-0.2, 0) is 9.59 Å². The van der Waals surface area contributed by atoms with Crippen molar-refractivity contribution in [3.63, 3.8) is 0 Å². The third kappa shape index (κ3) is 5.77. The van der Waals surface area contributed by atoms with Crippen molar-refractivity contribution in [3.05, 3.63) is 63.4 Å². The molecule has 30 heavy (non-hydrogen) atoms. The largest absolute Gasteiger partial charge is 0.325 e. The summed E-state index contributed by atoms with van der Waals surface area (Å²) in [4.78, 5) is 39.0. The minimum Gasteiger partial charge on any atom is -0.325 e. The van der Waals surface area contributed by atoms with Gasteiger partial charge in [0.05, 0.1) is 11.4 Å². The summed E-state index contributed by atoms with van der Waals surface area (Å²) in [6.07, 6.45) is 0.314. The van der Waals surface area contributed by atoms with E-state index in [0.29, 0.717) is 23.4 Å². The smallest absolute Gasteiger partial charge is 0.278 e. The van der Waals surface area contributed by atoms with Gasteiger partial charge in [0.2, 0.25) is 11.8 Å². The van der Waals surface area contributed by atoms with Crippen molar-refractivity contribution in [2.24, 2.45) is 0 Å². The normalized spacial score (nSPS) is 10.5. The molecule has 3 rings (SSSR count). The van der Waals surface area contributed by atoms with Gasteiger partial charge in [-0.05, 0) is 30.3 Å². The molecular weight excluding hydrogens is 470 g/mol. The molecule has 3 aromatic rings. The van der Waals surface area contributed by atoms with Crippen LogP contribution in [0.3, 0.4) is 0 Å². The maximum atomic E-state index is 12.5. The summed E-state index contributed by atoms with van der Waals surface area (Å²) in [7, 11) is 0. The van der Waals surface area contributed by atoms with E-state index >= 15 is 0 Å². The first kappa shape index (κ1) is 21.7. The quantitative estimate of drug-likeness (QED) is 0.437. The summed E-state index contributed by atoms with van der Waals surface area (Å²) in [6.45, 7) is 1.74. The molecule has 2 amide bonds. The SMILES string of the molecule is CCC(=O)Nc1ccccc1-c1nnc(SCC(=O)Nc2ccc(Br)cc2)[nH]c1=O. The molecule has 3 N–H and O–H groups in total. The van der Waals surface area contributed by atoms with E-state index in [-0.39, 0.29) is 28.4 Å². The van der Waals surface area contributed by atoms with Crippen LogP contribution in [-0.4, -0.2) is 32.7 Å². The highest BCUT2D eigenvalue weighted by Crippen LogP contribution is 2.24. The van der Waals surface area contributed by atoms with Crippen LogP contribution in [0.15, 0.2) is 63.0 Å². The van der Waals surface area contributed by atoms with Gasteiger partial charge in [-0.25, -0.2) is 0 Å². The van der Waals surface area contributed by atoms with Crippen LogP contribution in [0.5, 0.6) is 0 Å². The molecule has 0 radical (unpaired) electrons. The Morgan fingerprint density at radius 3 is 2.47 bits per heavy atom. The minimum absolute atomic E-state index is 0.0587. The Hall–Kier alpha value is -2.98. The van der Waals surface area contributed by atoms with Gasteiger partial charge in [0.15, 0.2) is 10.9 Å². The number of nitrogens with zero attached hydrogens (tertiary/aromatic N) is 2. The number of amides is 2. The molecule has 0 bridgehead atoms. The predicted molar refractivity (Wildman–Crippen MR) is 121 cm³/mol. The van der Waals surface area contributed by atoms with Crippen molar-refractivity contribution >= 4 is 50.9 Å². The van der Waals surface area contributed by atoms with Crippen LogP contribution in [0.25, 0.3) is 11.3 Å². The standard InChI is InChI=1S/C20H18BrN5O3S/c1-2-16(27)23-15-6-4-3-5-14(15)18-19(29)24-20(26-25-18)30-11-17(28)22-13-9-7-12(21)8-10-13/h3-10H,2,11H2,1H3,(H,22,28)(H,23,27)(H,24,26,29). The molecule has 0 saturated heterocycles. The fourth-order valence-electron chi connectivity index (χ4n) is 2.46. The molecule has 0 spiro atoms. The number of H-pyrrole nitrogens is 1. The van der Waals surface area contributed by atoms with Crippen molar-refractivity contribution < 1.29 is 9.59 Å². The third-order valence-corrected chi connectivity index (χ3v) is 5.31. The van der Waals surface area contributed by atoms with Crippen molar-refractivity contribution in [1.29, 1.82) is 0 Å². The first-order valence-corrected chi connectivity index (χ1v) is 10.8. The minimum atomic E-state index is -0.459. The number of thioether (sulfide) groups is 1. The van der Waals surface area contributed by atoms with Crippen molar-refractivity contribution in [2.75, 3.05) is 16.4 Å². The second-order valence-corrected chi connectivity index (χ2v) is 7.98. The molecular formula is C20H18BrN5O3S. The molecule has 1 heterocycles. The number of benzene rings is 2. The summed E-state index contributed by atoms with van der Waals surface area (Å²) in [5.74, 6) is -0.346. The lowest BCUT2D eigenvalue weighted by atomic mass is 10.1. The lowest BCUT2D eigenvalue weighted by molar-refractivity contribution is -0.116. The maximum absolute atomic E-state index is 12.5. The predicted octanol–water partition coefficient (Wildman–Crippen LogP) is 3.67. The highest BCUT2D eigenvalue weighted by molar-refractivity contribution is 9.10. The molecule has 10 heteroatoms. The Kier molecular flexibility index (Phi) is 7.36. The zero-order valence-electron chi connectivity index (χ0n) is 15.9. The molecule has 0 aliphatic rings. The molecule has 8 nitrogen and oxygen atoms in total. The van der Waals surface area contributed by atoms with Gasteiger partial charge >= 0.3 is 0 Å². The molecule has 0 unspecified atom stereocenters. The number of para-hydroxylation sites is 1. The average molecular weight is 488 g/mol. The van der Waals surface area contributed by atoms with Gasteiger partial charge < -0.3 is 10.6 Å². The fraction of sp³-hybridized carbons (Fsp3) is 0.150. The number of hydrogen-bond donors (Lipinski definition) is 3. The number of anilines is 2. The van der Waals surface area contributed by atoms with Crippen molar-refractivity contribution in [3.8, 4) is 11.3 Å². The Morgan fingerprint density at radius 2 is 1.77 bits per heavy atom. The lowest BCUT2D eigenvalue weighted by Gasteiger charge is -2.09. The highest BCUT2D eigenvalue weighted by atomic mass is 79.9. The Labute approximate surface area is 185 Å². The number of nitrogens with one attached hydrogen (secondary N) is 3. The summed E-state index contributed by atoms with van der Waals surface area (Å²) in [5, 5.41) is 13.8. The first-order valence-electron chi connectivity index (χ1n) is 9.00. The van der Waals surface area contributed by atoms with Gasteiger partial charge in [0.1, 0.15) is 0 Å². The maximum Gasteiger partial charge on any atom is 0.278 e. The average Bonchev–Trinajstić information content (AvgIpc) is 2.74. The number of carbonyl (C=O) groups excluding carboxylic acids is 2. The number of carbonyl (C=O) groups is 2. The number of aromatic nitrogens is 3. The van der Waals surface area contributed by atoms with E-state index in [1.165, 1.54) is 0 Å². The van der Waals surface area contributed by atoms with Crippen LogP contribution in [0, 0.1) is 0 Å². The summed E-state index contributed by atoms with van der Waals surface area (Å²) >= 11 is 4.40. The van der Waals surface area contributed by atoms with Crippen molar-refractivity contribution in [2.45, 2.75) is 18.5 Å². The molecule has 0 fully saturated rings. The molecule has 2 aromatic carbocycles. The third-order valence-electron chi connectivity index (χ3n) is 3.92. The van der Waals surface area contributed by atoms with Crippen LogP contribution in [0.1, 0.15) is 13.3 Å². The Balaban J connectivity index is 1.69. The number of halogens is 1. The Bertz CT molecular complexity index is 1120. The van der Waals surface area contributed by atoms with Crippen LogP contribution in [0.4, 0.5) is 11.4 Å². The Morgan fingerprint density at radius 1 is 1.03 bits per heavy atom. The summed E-state index contributed by atoms with van der Waals surface area (Å²) < 4.78 is 0.915. The molecule has 0 saturated carbocycles. The van der Waals surface area contributed by atoms with E-state index in [0.717, 1.165) is 16.2 Å². The molecule has 154 valence electrons.